The Balaban J connectivity index is 2.58. The number of nitrogens with two attached hydrogens (primary N) is 1. The number of aromatic amines is 1. The SMILES string of the molecule is Nc1nc2c(ncn2C(CO)CCO)c(=O)[nH]1. The normalized spacial score (nSPS) is 13.1. The number of hydrogen-bond acceptors (Lipinski definition) is 6. The van der Waals surface area contributed by atoms with Gasteiger partial charge in [-0.15, -0.1) is 0 Å². The van der Waals surface area contributed by atoms with Gasteiger partial charge in [-0.05, 0) is 6.42 Å². The highest BCUT2D eigenvalue weighted by atomic mass is 16.3. The molecule has 0 bridgehead atoms. The largest absolute Gasteiger partial charge is 0.396 e. The van der Waals surface area contributed by atoms with Crippen molar-refractivity contribution in [1.82, 2.24) is 19.5 Å². The molecule has 8 heteroatoms. The number of aliphatic hydroxyl groups excluding tert-OH is 2. The summed E-state index contributed by atoms with van der Waals surface area (Å²) in [6, 6.07) is -0.376. The van der Waals surface area contributed by atoms with Crippen molar-refractivity contribution >= 4 is 17.1 Å². The first-order valence-corrected chi connectivity index (χ1v) is 5.11. The molecule has 0 amide bonds. The number of aliphatic hydroxyl groups is 2. The number of nitrogens with zero attached hydrogens (tertiary/aromatic N) is 3. The van der Waals surface area contributed by atoms with E-state index in [4.69, 9.17) is 10.8 Å². The van der Waals surface area contributed by atoms with Gasteiger partial charge in [0.15, 0.2) is 11.2 Å². The number of rotatable bonds is 4. The molecule has 2 heterocycles. The third-order valence-electron chi connectivity index (χ3n) is 2.52. The lowest BCUT2D eigenvalue weighted by molar-refractivity contribution is 0.188. The van der Waals surface area contributed by atoms with Crippen LogP contribution in [0.2, 0.25) is 0 Å². The molecule has 2 aromatic rings. The van der Waals surface area contributed by atoms with E-state index in [1.54, 1.807) is 0 Å². The van der Waals surface area contributed by atoms with Crippen LogP contribution in [-0.2, 0) is 0 Å². The maximum absolute atomic E-state index is 11.5. The lowest BCUT2D eigenvalue weighted by Crippen LogP contribution is -2.17. The van der Waals surface area contributed by atoms with Gasteiger partial charge in [-0.25, -0.2) is 4.98 Å². The van der Waals surface area contributed by atoms with E-state index >= 15 is 0 Å². The molecule has 8 nitrogen and oxygen atoms in total. The van der Waals surface area contributed by atoms with Gasteiger partial charge < -0.3 is 20.5 Å². The second-order valence-electron chi connectivity index (χ2n) is 3.62. The second-order valence-corrected chi connectivity index (χ2v) is 3.62. The predicted molar refractivity (Wildman–Crippen MR) is 60.4 cm³/mol. The third kappa shape index (κ3) is 1.99. The predicted octanol–water partition coefficient (Wildman–Crippen LogP) is -1.38. The van der Waals surface area contributed by atoms with E-state index in [9.17, 15) is 9.90 Å². The molecule has 0 aliphatic rings. The molecule has 5 N–H and O–H groups in total. The van der Waals surface area contributed by atoms with Crippen LogP contribution >= 0.6 is 0 Å². The second kappa shape index (κ2) is 4.52. The Hall–Kier alpha value is -1.93. The van der Waals surface area contributed by atoms with E-state index in [-0.39, 0.29) is 30.7 Å². The Morgan fingerprint density at radius 2 is 2.29 bits per heavy atom. The molecule has 0 saturated heterocycles. The van der Waals surface area contributed by atoms with Crippen molar-refractivity contribution in [3.63, 3.8) is 0 Å². The van der Waals surface area contributed by atoms with Crippen molar-refractivity contribution < 1.29 is 10.2 Å². The van der Waals surface area contributed by atoms with E-state index in [1.165, 1.54) is 10.9 Å². The summed E-state index contributed by atoms with van der Waals surface area (Å²) in [5.74, 6) is -0.00932. The first kappa shape index (κ1) is 11.6. The van der Waals surface area contributed by atoms with Crippen LogP contribution in [0.25, 0.3) is 11.2 Å². The molecule has 2 rings (SSSR count). The first-order chi connectivity index (χ1) is 8.17. The standard InChI is InChI=1S/C9H13N5O3/c10-9-12-7-6(8(17)13-9)11-4-14(7)5(3-16)1-2-15/h4-5,15-16H,1-3H2,(H3,10,12,13,17). The van der Waals surface area contributed by atoms with E-state index in [0.717, 1.165) is 0 Å². The summed E-state index contributed by atoms with van der Waals surface area (Å²) in [4.78, 5) is 21.8. The van der Waals surface area contributed by atoms with Gasteiger partial charge in [0.25, 0.3) is 5.56 Å². The fraction of sp³-hybridized carbons (Fsp3) is 0.444. The van der Waals surface area contributed by atoms with Crippen molar-refractivity contribution in [1.29, 1.82) is 0 Å². The Morgan fingerprint density at radius 3 is 2.94 bits per heavy atom. The number of aromatic nitrogens is 4. The highest BCUT2D eigenvalue weighted by Gasteiger charge is 2.15. The highest BCUT2D eigenvalue weighted by Crippen LogP contribution is 2.16. The van der Waals surface area contributed by atoms with Gasteiger partial charge in [0.2, 0.25) is 5.95 Å². The molecule has 0 saturated carbocycles. The molecular weight excluding hydrogens is 226 g/mol. The molecule has 1 unspecified atom stereocenters. The summed E-state index contributed by atoms with van der Waals surface area (Å²) in [5.41, 5.74) is 5.49. The Morgan fingerprint density at radius 1 is 1.53 bits per heavy atom. The minimum absolute atomic E-state index is 0.00932. The zero-order chi connectivity index (χ0) is 12.4. The smallest absolute Gasteiger partial charge is 0.280 e. The van der Waals surface area contributed by atoms with Crippen molar-refractivity contribution in [2.45, 2.75) is 12.5 Å². The van der Waals surface area contributed by atoms with Crippen molar-refractivity contribution in [3.8, 4) is 0 Å². The number of H-pyrrole nitrogens is 1. The molecule has 92 valence electrons. The van der Waals surface area contributed by atoms with Crippen molar-refractivity contribution in [3.05, 3.63) is 16.7 Å². The van der Waals surface area contributed by atoms with Crippen LogP contribution in [0.1, 0.15) is 12.5 Å². The minimum Gasteiger partial charge on any atom is -0.396 e. The highest BCUT2D eigenvalue weighted by molar-refractivity contribution is 5.70. The van der Waals surface area contributed by atoms with Gasteiger partial charge >= 0.3 is 0 Å². The topological polar surface area (TPSA) is 130 Å². The van der Waals surface area contributed by atoms with Gasteiger partial charge in [-0.3, -0.25) is 9.78 Å². The molecule has 0 fully saturated rings. The van der Waals surface area contributed by atoms with Gasteiger partial charge in [-0.1, -0.05) is 0 Å². The Kier molecular flexibility index (Phi) is 3.07. The summed E-state index contributed by atoms with van der Waals surface area (Å²) in [6.45, 7) is -0.260. The van der Waals surface area contributed by atoms with Gasteiger partial charge in [0.1, 0.15) is 0 Å². The Bertz CT molecular complexity index is 576. The minimum atomic E-state index is -0.424. The Labute approximate surface area is 95.7 Å². The average Bonchev–Trinajstić information content (AvgIpc) is 2.69. The van der Waals surface area contributed by atoms with Crippen molar-refractivity contribution in [2.75, 3.05) is 18.9 Å². The molecule has 0 aromatic carbocycles. The summed E-state index contributed by atoms with van der Waals surface area (Å²) < 4.78 is 1.54. The van der Waals surface area contributed by atoms with Gasteiger partial charge in [-0.2, -0.15) is 4.98 Å². The number of nitrogens with one attached hydrogen (secondary N) is 1. The number of hydrogen-bond donors (Lipinski definition) is 4. The average molecular weight is 239 g/mol. The van der Waals surface area contributed by atoms with Crippen LogP contribution in [-0.4, -0.2) is 42.9 Å². The maximum Gasteiger partial charge on any atom is 0.280 e. The number of imidazole rings is 1. The van der Waals surface area contributed by atoms with E-state index < -0.39 is 5.56 Å². The van der Waals surface area contributed by atoms with E-state index in [2.05, 4.69) is 15.0 Å². The van der Waals surface area contributed by atoms with Gasteiger partial charge in [0, 0.05) is 6.61 Å². The maximum atomic E-state index is 11.5. The molecule has 0 aliphatic carbocycles. The van der Waals surface area contributed by atoms with Crippen LogP contribution in [0, 0.1) is 0 Å². The summed E-state index contributed by atoms with van der Waals surface area (Å²) >= 11 is 0. The summed E-state index contributed by atoms with van der Waals surface area (Å²) in [7, 11) is 0. The molecule has 0 aliphatic heterocycles. The van der Waals surface area contributed by atoms with E-state index in [0.29, 0.717) is 12.1 Å². The number of nitrogen functional groups attached to an aromatic ring is 1. The molecule has 2 aromatic heterocycles. The number of anilines is 1. The van der Waals surface area contributed by atoms with Crippen LogP contribution in [0.15, 0.2) is 11.1 Å². The fourth-order valence-corrected chi connectivity index (χ4v) is 1.68. The summed E-state index contributed by atoms with van der Waals surface area (Å²) in [6.07, 6.45) is 1.75. The van der Waals surface area contributed by atoms with Gasteiger partial charge in [0.05, 0.1) is 19.0 Å². The zero-order valence-corrected chi connectivity index (χ0v) is 9.00. The molecule has 0 radical (unpaired) electrons. The van der Waals surface area contributed by atoms with Crippen LogP contribution in [0.3, 0.4) is 0 Å². The first-order valence-electron chi connectivity index (χ1n) is 5.11. The van der Waals surface area contributed by atoms with Crippen LogP contribution < -0.4 is 11.3 Å². The molecule has 17 heavy (non-hydrogen) atoms. The monoisotopic (exact) mass is 239 g/mol. The third-order valence-corrected chi connectivity index (χ3v) is 2.52. The molecular formula is C9H13N5O3. The number of fused-ring (bicyclic) bond motifs is 1. The zero-order valence-electron chi connectivity index (χ0n) is 9.00. The van der Waals surface area contributed by atoms with Crippen LogP contribution in [0.4, 0.5) is 5.95 Å². The molecule has 1 atom stereocenters. The lowest BCUT2D eigenvalue weighted by Gasteiger charge is -2.14. The van der Waals surface area contributed by atoms with Crippen molar-refractivity contribution in [2.24, 2.45) is 0 Å². The lowest BCUT2D eigenvalue weighted by atomic mass is 10.2. The summed E-state index contributed by atoms with van der Waals surface area (Å²) in [5, 5.41) is 18.1. The molecule has 0 spiro atoms. The fourth-order valence-electron chi connectivity index (χ4n) is 1.68. The van der Waals surface area contributed by atoms with Crippen LogP contribution in [0.5, 0.6) is 0 Å². The van der Waals surface area contributed by atoms with E-state index in [1.807, 2.05) is 0 Å². The quantitative estimate of drug-likeness (QED) is 0.520.